The first-order chi connectivity index (χ1) is 8.13. The van der Waals surface area contributed by atoms with E-state index in [1.807, 2.05) is 6.92 Å². The summed E-state index contributed by atoms with van der Waals surface area (Å²) in [5, 5.41) is 9.85. The van der Waals surface area contributed by atoms with Crippen LogP contribution in [-0.2, 0) is 17.6 Å². The van der Waals surface area contributed by atoms with Crippen molar-refractivity contribution in [3.05, 3.63) is 15.6 Å². The molecule has 0 fully saturated rings. The smallest absolute Gasteiger partial charge is 0.308 e. The molecule has 0 aromatic carbocycles. The predicted octanol–water partition coefficient (Wildman–Crippen LogP) is 3.59. The van der Waals surface area contributed by atoms with Crippen molar-refractivity contribution in [2.45, 2.75) is 58.8 Å². The third kappa shape index (κ3) is 5.31. The Balaban J connectivity index is 2.36. The van der Waals surface area contributed by atoms with Gasteiger partial charge in [-0.2, -0.15) is 0 Å². The SMILES string of the molecule is CCCCCCCc1nc(C)c(CC(=O)O)s1. The van der Waals surface area contributed by atoms with Gasteiger partial charge in [0, 0.05) is 4.88 Å². The van der Waals surface area contributed by atoms with Gasteiger partial charge in [0.25, 0.3) is 0 Å². The molecular formula is C13H21NO2S. The van der Waals surface area contributed by atoms with Crippen molar-refractivity contribution >= 4 is 17.3 Å². The van der Waals surface area contributed by atoms with E-state index in [4.69, 9.17) is 5.11 Å². The lowest BCUT2D eigenvalue weighted by atomic mass is 10.1. The minimum absolute atomic E-state index is 0.110. The highest BCUT2D eigenvalue weighted by Gasteiger charge is 2.10. The van der Waals surface area contributed by atoms with Crippen molar-refractivity contribution in [1.29, 1.82) is 0 Å². The van der Waals surface area contributed by atoms with Crippen LogP contribution >= 0.6 is 11.3 Å². The van der Waals surface area contributed by atoms with E-state index >= 15 is 0 Å². The third-order valence-corrected chi connectivity index (χ3v) is 3.96. The molecule has 0 atom stereocenters. The van der Waals surface area contributed by atoms with Crippen LogP contribution in [0, 0.1) is 6.92 Å². The fourth-order valence-corrected chi connectivity index (χ4v) is 2.88. The number of carboxylic acids is 1. The Morgan fingerprint density at radius 2 is 2.00 bits per heavy atom. The number of carboxylic acid groups (broad SMARTS) is 1. The van der Waals surface area contributed by atoms with Gasteiger partial charge in [-0.05, 0) is 19.8 Å². The topological polar surface area (TPSA) is 50.2 Å². The van der Waals surface area contributed by atoms with Gasteiger partial charge in [0.15, 0.2) is 0 Å². The lowest BCUT2D eigenvalue weighted by Gasteiger charge is -1.97. The van der Waals surface area contributed by atoms with Gasteiger partial charge in [0.2, 0.25) is 0 Å². The van der Waals surface area contributed by atoms with Gasteiger partial charge in [0.1, 0.15) is 0 Å². The van der Waals surface area contributed by atoms with E-state index in [0.717, 1.165) is 22.0 Å². The minimum Gasteiger partial charge on any atom is -0.481 e. The molecule has 0 amide bonds. The number of aromatic nitrogens is 1. The Bertz CT molecular complexity index is 360. The molecule has 0 saturated heterocycles. The van der Waals surface area contributed by atoms with E-state index in [1.165, 1.54) is 32.1 Å². The molecule has 1 N–H and O–H groups in total. The Hall–Kier alpha value is -0.900. The zero-order valence-electron chi connectivity index (χ0n) is 10.7. The molecule has 0 spiro atoms. The summed E-state index contributed by atoms with van der Waals surface area (Å²) in [6.07, 6.45) is 7.39. The lowest BCUT2D eigenvalue weighted by molar-refractivity contribution is -0.136. The second-order valence-electron chi connectivity index (χ2n) is 4.35. The van der Waals surface area contributed by atoms with Crippen molar-refractivity contribution in [1.82, 2.24) is 4.98 Å². The number of hydrogen-bond acceptors (Lipinski definition) is 3. The van der Waals surface area contributed by atoms with Gasteiger partial charge in [-0.1, -0.05) is 32.6 Å². The average Bonchev–Trinajstić information content (AvgIpc) is 2.58. The number of carbonyl (C=O) groups is 1. The van der Waals surface area contributed by atoms with Crippen LogP contribution in [0.1, 0.15) is 54.6 Å². The highest BCUT2D eigenvalue weighted by atomic mass is 32.1. The molecule has 1 aromatic heterocycles. The van der Waals surface area contributed by atoms with E-state index in [0.29, 0.717) is 0 Å². The summed E-state index contributed by atoms with van der Waals surface area (Å²) in [5.74, 6) is -0.772. The summed E-state index contributed by atoms with van der Waals surface area (Å²) in [7, 11) is 0. The summed E-state index contributed by atoms with van der Waals surface area (Å²) < 4.78 is 0. The number of nitrogens with zero attached hydrogens (tertiary/aromatic N) is 1. The standard InChI is InChI=1S/C13H21NO2S/c1-3-4-5-6-7-8-12-14-10(2)11(17-12)9-13(15)16/h3-9H2,1-2H3,(H,15,16). The molecule has 3 nitrogen and oxygen atoms in total. The number of hydrogen-bond donors (Lipinski definition) is 1. The van der Waals surface area contributed by atoms with E-state index in [-0.39, 0.29) is 6.42 Å². The second-order valence-corrected chi connectivity index (χ2v) is 5.52. The molecule has 0 bridgehead atoms. The summed E-state index contributed by atoms with van der Waals surface area (Å²) in [4.78, 5) is 16.0. The molecule has 0 saturated carbocycles. The molecule has 0 aliphatic rings. The van der Waals surface area contributed by atoms with Crippen LogP contribution in [0.25, 0.3) is 0 Å². The van der Waals surface area contributed by atoms with Gasteiger partial charge in [-0.25, -0.2) is 4.98 Å². The molecule has 17 heavy (non-hydrogen) atoms. The maximum atomic E-state index is 10.6. The molecule has 0 radical (unpaired) electrons. The largest absolute Gasteiger partial charge is 0.481 e. The van der Waals surface area contributed by atoms with Crippen molar-refractivity contribution in [2.75, 3.05) is 0 Å². The molecule has 0 aliphatic carbocycles. The first-order valence-electron chi connectivity index (χ1n) is 6.30. The average molecular weight is 255 g/mol. The fourth-order valence-electron chi connectivity index (χ4n) is 1.78. The third-order valence-electron chi connectivity index (χ3n) is 2.74. The van der Waals surface area contributed by atoms with Crippen LogP contribution in [0.3, 0.4) is 0 Å². The highest BCUT2D eigenvalue weighted by Crippen LogP contribution is 2.20. The molecule has 1 rings (SSSR count). The first-order valence-corrected chi connectivity index (χ1v) is 7.12. The molecule has 96 valence electrons. The van der Waals surface area contributed by atoms with E-state index < -0.39 is 5.97 Å². The summed E-state index contributed by atoms with van der Waals surface area (Å²) in [6, 6.07) is 0. The zero-order valence-corrected chi connectivity index (χ0v) is 11.5. The fraction of sp³-hybridized carbons (Fsp3) is 0.692. The van der Waals surface area contributed by atoms with Gasteiger partial charge >= 0.3 is 5.97 Å². The lowest BCUT2D eigenvalue weighted by Crippen LogP contribution is -1.99. The normalized spacial score (nSPS) is 10.7. The van der Waals surface area contributed by atoms with Crippen molar-refractivity contribution in [2.24, 2.45) is 0 Å². The monoisotopic (exact) mass is 255 g/mol. The Morgan fingerprint density at radius 1 is 1.29 bits per heavy atom. The molecular weight excluding hydrogens is 234 g/mol. The highest BCUT2D eigenvalue weighted by molar-refractivity contribution is 7.11. The van der Waals surface area contributed by atoms with Crippen LogP contribution in [0.5, 0.6) is 0 Å². The van der Waals surface area contributed by atoms with E-state index in [1.54, 1.807) is 11.3 Å². The quantitative estimate of drug-likeness (QED) is 0.722. The number of rotatable bonds is 8. The minimum atomic E-state index is -0.772. The van der Waals surface area contributed by atoms with E-state index in [2.05, 4.69) is 11.9 Å². The van der Waals surface area contributed by atoms with Crippen LogP contribution in [-0.4, -0.2) is 16.1 Å². The van der Waals surface area contributed by atoms with Crippen molar-refractivity contribution in [3.8, 4) is 0 Å². The van der Waals surface area contributed by atoms with Crippen LogP contribution < -0.4 is 0 Å². The van der Waals surface area contributed by atoms with Crippen LogP contribution in [0.2, 0.25) is 0 Å². The van der Waals surface area contributed by atoms with Crippen LogP contribution in [0.4, 0.5) is 0 Å². The maximum Gasteiger partial charge on any atom is 0.308 e. The van der Waals surface area contributed by atoms with Crippen LogP contribution in [0.15, 0.2) is 0 Å². The number of thiazole rings is 1. The summed E-state index contributed by atoms with van der Waals surface area (Å²) in [6.45, 7) is 4.11. The number of unbranched alkanes of at least 4 members (excludes halogenated alkanes) is 4. The van der Waals surface area contributed by atoms with Gasteiger partial charge in [-0.3, -0.25) is 4.79 Å². The van der Waals surface area contributed by atoms with Crippen molar-refractivity contribution in [3.63, 3.8) is 0 Å². The summed E-state index contributed by atoms with van der Waals surface area (Å²) >= 11 is 1.56. The van der Waals surface area contributed by atoms with Crippen molar-refractivity contribution < 1.29 is 9.90 Å². The summed E-state index contributed by atoms with van der Waals surface area (Å²) in [5.41, 5.74) is 0.890. The van der Waals surface area contributed by atoms with E-state index in [9.17, 15) is 4.79 Å². The second kappa shape index (κ2) is 7.43. The Morgan fingerprint density at radius 3 is 2.65 bits per heavy atom. The zero-order chi connectivity index (χ0) is 12.7. The van der Waals surface area contributed by atoms with Gasteiger partial charge < -0.3 is 5.11 Å². The number of aliphatic carboxylic acids is 1. The molecule has 0 aliphatic heterocycles. The Kier molecular flexibility index (Phi) is 6.19. The molecule has 0 unspecified atom stereocenters. The predicted molar refractivity (Wildman–Crippen MR) is 70.7 cm³/mol. The Labute approximate surface area is 107 Å². The molecule has 1 heterocycles. The number of aryl methyl sites for hydroxylation is 2. The van der Waals surface area contributed by atoms with Gasteiger partial charge in [0.05, 0.1) is 17.1 Å². The first kappa shape index (κ1) is 14.2. The molecule has 1 aromatic rings. The molecule has 4 heteroatoms. The maximum absolute atomic E-state index is 10.6. The van der Waals surface area contributed by atoms with Gasteiger partial charge in [-0.15, -0.1) is 11.3 Å².